The van der Waals surface area contributed by atoms with Gasteiger partial charge in [0.05, 0.1) is 0 Å². The Kier molecular flexibility index (Phi) is 15.6. The molecular formula is C20H48N2OSi2. The summed E-state index contributed by atoms with van der Waals surface area (Å²) in [6.45, 7) is 11.4. The molecule has 0 aromatic rings. The SMILES string of the molecule is C[Si](C)(CCCCCCCCN)O[Si](C)(C)CCCCCCCCN. The Morgan fingerprint density at radius 1 is 0.480 bits per heavy atom. The largest absolute Gasteiger partial charge is 0.455 e. The fourth-order valence-corrected chi connectivity index (χ4v) is 12.7. The Labute approximate surface area is 160 Å². The average molecular weight is 389 g/mol. The summed E-state index contributed by atoms with van der Waals surface area (Å²) in [5.41, 5.74) is 11.1. The van der Waals surface area contributed by atoms with Crippen molar-refractivity contribution >= 4 is 16.6 Å². The molecule has 152 valence electrons. The van der Waals surface area contributed by atoms with Crippen molar-refractivity contribution < 1.29 is 4.12 Å². The van der Waals surface area contributed by atoms with Crippen molar-refractivity contribution in [3.63, 3.8) is 0 Å². The minimum atomic E-state index is -1.47. The molecule has 0 spiro atoms. The van der Waals surface area contributed by atoms with Gasteiger partial charge in [-0.1, -0.05) is 64.2 Å². The van der Waals surface area contributed by atoms with Crippen molar-refractivity contribution in [3.8, 4) is 0 Å². The predicted octanol–water partition coefficient (Wildman–Crippen LogP) is 6.01. The zero-order valence-corrected chi connectivity index (χ0v) is 19.9. The summed E-state index contributed by atoms with van der Waals surface area (Å²) in [5.74, 6) is 0. The van der Waals surface area contributed by atoms with Gasteiger partial charge in [0.2, 0.25) is 0 Å². The van der Waals surface area contributed by atoms with Crippen LogP contribution in [0.25, 0.3) is 0 Å². The van der Waals surface area contributed by atoms with Gasteiger partial charge in [-0.25, -0.2) is 0 Å². The summed E-state index contributed by atoms with van der Waals surface area (Å²) in [6, 6.07) is 2.67. The van der Waals surface area contributed by atoms with Crippen LogP contribution in [0.5, 0.6) is 0 Å². The van der Waals surface area contributed by atoms with E-state index in [1.165, 1.54) is 89.1 Å². The van der Waals surface area contributed by atoms with E-state index in [1.807, 2.05) is 0 Å². The topological polar surface area (TPSA) is 61.3 Å². The molecule has 4 N–H and O–H groups in total. The number of nitrogens with two attached hydrogens (primary N) is 2. The smallest absolute Gasteiger partial charge is 0.173 e. The zero-order valence-electron chi connectivity index (χ0n) is 17.9. The Hall–Kier alpha value is 0.314. The number of hydrogen-bond donors (Lipinski definition) is 2. The van der Waals surface area contributed by atoms with E-state index >= 15 is 0 Å². The van der Waals surface area contributed by atoms with Crippen LogP contribution in [0.4, 0.5) is 0 Å². The quantitative estimate of drug-likeness (QED) is 0.223. The lowest BCUT2D eigenvalue weighted by Crippen LogP contribution is -2.44. The van der Waals surface area contributed by atoms with Crippen molar-refractivity contribution in [2.45, 2.75) is 115 Å². The summed E-state index contributed by atoms with van der Waals surface area (Å²) < 4.78 is 6.76. The molecule has 0 aromatic heterocycles. The molecule has 3 nitrogen and oxygen atoms in total. The van der Waals surface area contributed by atoms with Gasteiger partial charge < -0.3 is 15.6 Å². The van der Waals surface area contributed by atoms with Crippen LogP contribution in [-0.4, -0.2) is 29.7 Å². The van der Waals surface area contributed by atoms with Crippen LogP contribution in [0.3, 0.4) is 0 Å². The molecule has 0 bridgehead atoms. The minimum Gasteiger partial charge on any atom is -0.455 e. The van der Waals surface area contributed by atoms with Gasteiger partial charge in [-0.05, 0) is 64.2 Å². The molecular weight excluding hydrogens is 340 g/mol. The highest BCUT2D eigenvalue weighted by Crippen LogP contribution is 2.25. The summed E-state index contributed by atoms with van der Waals surface area (Å²) in [5, 5.41) is 0. The lowest BCUT2D eigenvalue weighted by Gasteiger charge is -2.34. The molecule has 0 atom stereocenters. The van der Waals surface area contributed by atoms with E-state index in [-0.39, 0.29) is 0 Å². The minimum absolute atomic E-state index is 0.848. The maximum absolute atomic E-state index is 6.76. The molecule has 0 saturated heterocycles. The second-order valence-electron chi connectivity index (χ2n) is 8.94. The maximum atomic E-state index is 6.76. The van der Waals surface area contributed by atoms with E-state index in [2.05, 4.69) is 26.2 Å². The van der Waals surface area contributed by atoms with Crippen molar-refractivity contribution in [2.75, 3.05) is 13.1 Å². The van der Waals surface area contributed by atoms with E-state index in [0.29, 0.717) is 0 Å². The lowest BCUT2D eigenvalue weighted by molar-refractivity contribution is 0.519. The first-order valence-corrected chi connectivity index (χ1v) is 17.2. The highest BCUT2D eigenvalue weighted by molar-refractivity contribution is 6.84. The molecule has 0 rings (SSSR count). The van der Waals surface area contributed by atoms with Gasteiger partial charge in [0.15, 0.2) is 16.6 Å². The van der Waals surface area contributed by atoms with Gasteiger partial charge in [0.25, 0.3) is 0 Å². The van der Waals surface area contributed by atoms with E-state index < -0.39 is 16.6 Å². The first-order chi connectivity index (χ1) is 11.8. The van der Waals surface area contributed by atoms with Gasteiger partial charge >= 0.3 is 0 Å². The molecule has 0 aliphatic carbocycles. The molecule has 0 amide bonds. The monoisotopic (exact) mass is 388 g/mol. The van der Waals surface area contributed by atoms with Crippen LogP contribution in [0.2, 0.25) is 38.3 Å². The number of rotatable bonds is 18. The van der Waals surface area contributed by atoms with Gasteiger partial charge in [-0.3, -0.25) is 0 Å². The highest BCUT2D eigenvalue weighted by Gasteiger charge is 2.31. The van der Waals surface area contributed by atoms with E-state index in [1.54, 1.807) is 0 Å². The standard InChI is InChI=1S/C20H48N2OSi2/c1-24(2,19-15-11-7-5-9-13-17-21)23-25(3,4)20-16-12-8-6-10-14-18-22/h5-22H2,1-4H3. The fourth-order valence-electron chi connectivity index (χ4n) is 3.65. The Balaban J connectivity index is 3.77. The molecule has 5 heteroatoms. The summed E-state index contributed by atoms with van der Waals surface area (Å²) in [6.07, 6.45) is 15.9. The lowest BCUT2D eigenvalue weighted by atomic mass is 10.1. The van der Waals surface area contributed by atoms with Crippen molar-refractivity contribution in [1.29, 1.82) is 0 Å². The molecule has 0 unspecified atom stereocenters. The van der Waals surface area contributed by atoms with Crippen LogP contribution >= 0.6 is 0 Å². The third-order valence-corrected chi connectivity index (χ3v) is 12.6. The van der Waals surface area contributed by atoms with Crippen LogP contribution in [0.1, 0.15) is 77.0 Å². The molecule has 0 aliphatic rings. The third-order valence-electron chi connectivity index (χ3n) is 5.02. The van der Waals surface area contributed by atoms with Gasteiger partial charge in [0.1, 0.15) is 0 Å². The van der Waals surface area contributed by atoms with Crippen LogP contribution in [0, 0.1) is 0 Å². The molecule has 0 heterocycles. The third kappa shape index (κ3) is 17.5. The van der Waals surface area contributed by atoms with E-state index in [9.17, 15) is 0 Å². The molecule has 0 aliphatic heterocycles. The Morgan fingerprint density at radius 3 is 1.08 bits per heavy atom. The summed E-state index contributed by atoms with van der Waals surface area (Å²) in [4.78, 5) is 0. The van der Waals surface area contributed by atoms with E-state index in [0.717, 1.165) is 13.1 Å². The number of hydrogen-bond acceptors (Lipinski definition) is 3. The molecule has 0 saturated carbocycles. The molecule has 0 radical (unpaired) electrons. The summed E-state index contributed by atoms with van der Waals surface area (Å²) >= 11 is 0. The predicted molar refractivity (Wildman–Crippen MR) is 119 cm³/mol. The maximum Gasteiger partial charge on any atom is 0.173 e. The normalized spacial score (nSPS) is 12.7. The van der Waals surface area contributed by atoms with Crippen LogP contribution < -0.4 is 11.5 Å². The first-order valence-electron chi connectivity index (χ1n) is 10.9. The zero-order chi connectivity index (χ0) is 19.0. The van der Waals surface area contributed by atoms with Crippen molar-refractivity contribution in [2.24, 2.45) is 11.5 Å². The second-order valence-corrected chi connectivity index (χ2v) is 17.8. The van der Waals surface area contributed by atoms with Gasteiger partial charge in [0, 0.05) is 0 Å². The van der Waals surface area contributed by atoms with Crippen LogP contribution in [0.15, 0.2) is 0 Å². The second kappa shape index (κ2) is 15.4. The van der Waals surface area contributed by atoms with Crippen LogP contribution in [-0.2, 0) is 4.12 Å². The van der Waals surface area contributed by atoms with Crippen molar-refractivity contribution in [3.05, 3.63) is 0 Å². The molecule has 0 fully saturated rings. The highest BCUT2D eigenvalue weighted by atomic mass is 28.4. The average Bonchev–Trinajstić information content (AvgIpc) is 2.52. The summed E-state index contributed by atoms with van der Waals surface area (Å²) in [7, 11) is -2.94. The van der Waals surface area contributed by atoms with E-state index in [4.69, 9.17) is 15.6 Å². The molecule has 0 aromatic carbocycles. The molecule has 25 heavy (non-hydrogen) atoms. The Bertz CT molecular complexity index is 271. The number of unbranched alkanes of at least 4 members (excludes halogenated alkanes) is 10. The van der Waals surface area contributed by atoms with Crippen molar-refractivity contribution in [1.82, 2.24) is 0 Å². The first kappa shape index (κ1) is 25.3. The van der Waals surface area contributed by atoms with Gasteiger partial charge in [-0.2, -0.15) is 0 Å². The fraction of sp³-hybridized carbons (Fsp3) is 1.00. The van der Waals surface area contributed by atoms with Gasteiger partial charge in [-0.15, -0.1) is 0 Å². The Morgan fingerprint density at radius 2 is 0.760 bits per heavy atom.